The van der Waals surface area contributed by atoms with Crippen molar-refractivity contribution in [2.24, 2.45) is 0 Å². The van der Waals surface area contributed by atoms with Crippen molar-refractivity contribution in [3.8, 4) is 0 Å². The Bertz CT molecular complexity index is 1060. The van der Waals surface area contributed by atoms with Gasteiger partial charge in [-0.25, -0.2) is 4.39 Å². The second-order valence-electron chi connectivity index (χ2n) is 6.77. The first kappa shape index (κ1) is 20.9. The molecule has 5 nitrogen and oxygen atoms in total. The number of amides is 1. The van der Waals surface area contributed by atoms with Gasteiger partial charge in [-0.3, -0.25) is 9.78 Å². The number of nitrogens with zero attached hydrogens (tertiary/aromatic N) is 2. The lowest BCUT2D eigenvalue weighted by Gasteiger charge is -2.26. The van der Waals surface area contributed by atoms with E-state index in [4.69, 9.17) is 12.2 Å². The fraction of sp³-hybridized carbons (Fsp3) is 0.190. The second-order valence-corrected chi connectivity index (χ2v) is 9.01. The SMILES string of the molecule is O=C(CCN1C(=S)N[C@@H](c2ccccn2)[C@@H]1c1cc(Br)cs1)Nc1ccccc1F. The molecule has 0 spiro atoms. The Kier molecular flexibility index (Phi) is 6.40. The standard InChI is InChI=1S/C21H18BrFN4OS2/c22-13-11-17(30-12-13)20-19(16-7-3-4-9-24-16)26-21(29)27(20)10-8-18(28)25-15-6-2-1-5-14(15)23/h1-7,9,11-12,19-20H,8,10H2,(H,25,28)(H,26,29)/t19-,20-/m0/s1. The van der Waals surface area contributed by atoms with Gasteiger partial charge in [0, 0.05) is 33.9 Å². The maximum absolute atomic E-state index is 13.8. The number of anilines is 1. The van der Waals surface area contributed by atoms with Crippen molar-refractivity contribution in [2.75, 3.05) is 11.9 Å². The van der Waals surface area contributed by atoms with E-state index in [1.807, 2.05) is 28.5 Å². The third-order valence-electron chi connectivity index (χ3n) is 4.80. The Hall–Kier alpha value is -2.36. The first-order valence-corrected chi connectivity index (χ1v) is 11.4. The number of hydrogen-bond acceptors (Lipinski definition) is 4. The van der Waals surface area contributed by atoms with Crippen LogP contribution in [0.3, 0.4) is 0 Å². The lowest BCUT2D eigenvalue weighted by atomic mass is 10.0. The van der Waals surface area contributed by atoms with Gasteiger partial charge in [-0.05, 0) is 58.5 Å². The monoisotopic (exact) mass is 504 g/mol. The molecule has 30 heavy (non-hydrogen) atoms. The van der Waals surface area contributed by atoms with Crippen molar-refractivity contribution in [2.45, 2.75) is 18.5 Å². The van der Waals surface area contributed by atoms with E-state index in [0.717, 1.165) is 15.0 Å². The molecule has 1 aromatic carbocycles. The van der Waals surface area contributed by atoms with Crippen molar-refractivity contribution >= 4 is 56.2 Å². The van der Waals surface area contributed by atoms with Crippen LogP contribution in [0, 0.1) is 5.82 Å². The summed E-state index contributed by atoms with van der Waals surface area (Å²) in [5, 5.41) is 8.58. The number of carbonyl (C=O) groups excluding carboxylic acids is 1. The van der Waals surface area contributed by atoms with Gasteiger partial charge in [-0.1, -0.05) is 18.2 Å². The number of rotatable bonds is 6. The average Bonchev–Trinajstić information content (AvgIpc) is 3.31. The van der Waals surface area contributed by atoms with Gasteiger partial charge in [0.25, 0.3) is 0 Å². The topological polar surface area (TPSA) is 57.3 Å². The molecule has 0 saturated carbocycles. The van der Waals surface area contributed by atoms with Gasteiger partial charge in [0.1, 0.15) is 5.82 Å². The maximum atomic E-state index is 13.8. The molecule has 154 valence electrons. The number of para-hydroxylation sites is 1. The molecule has 4 rings (SSSR count). The minimum absolute atomic E-state index is 0.0926. The highest BCUT2D eigenvalue weighted by Gasteiger charge is 2.40. The van der Waals surface area contributed by atoms with Gasteiger partial charge < -0.3 is 15.5 Å². The summed E-state index contributed by atoms with van der Waals surface area (Å²) < 4.78 is 14.8. The van der Waals surface area contributed by atoms with Crippen molar-refractivity contribution in [3.63, 3.8) is 0 Å². The predicted molar refractivity (Wildman–Crippen MR) is 124 cm³/mol. The zero-order valence-electron chi connectivity index (χ0n) is 15.7. The fourth-order valence-corrected chi connectivity index (χ4v) is 5.36. The molecule has 2 N–H and O–H groups in total. The van der Waals surface area contributed by atoms with Crippen molar-refractivity contribution < 1.29 is 9.18 Å². The molecular weight excluding hydrogens is 487 g/mol. The summed E-state index contributed by atoms with van der Waals surface area (Å²) in [6.07, 6.45) is 1.93. The third kappa shape index (κ3) is 4.53. The van der Waals surface area contributed by atoms with E-state index in [-0.39, 0.29) is 30.1 Å². The summed E-state index contributed by atoms with van der Waals surface area (Å²) in [4.78, 5) is 20.1. The Labute approximate surface area is 191 Å². The van der Waals surface area contributed by atoms with Crippen molar-refractivity contribution in [1.82, 2.24) is 15.2 Å². The van der Waals surface area contributed by atoms with E-state index in [2.05, 4.69) is 37.6 Å². The van der Waals surface area contributed by atoms with Crippen LogP contribution in [0.4, 0.5) is 10.1 Å². The molecule has 0 radical (unpaired) electrons. The average molecular weight is 505 g/mol. The van der Waals surface area contributed by atoms with E-state index in [9.17, 15) is 9.18 Å². The first-order chi connectivity index (χ1) is 14.5. The van der Waals surface area contributed by atoms with E-state index in [1.54, 1.807) is 35.7 Å². The van der Waals surface area contributed by atoms with Gasteiger partial charge in [-0.15, -0.1) is 11.3 Å². The number of carbonyl (C=O) groups is 1. The van der Waals surface area contributed by atoms with Gasteiger partial charge in [0.2, 0.25) is 5.91 Å². The van der Waals surface area contributed by atoms with Crippen molar-refractivity contribution in [3.05, 3.63) is 81.0 Å². The van der Waals surface area contributed by atoms with Gasteiger partial charge in [0.15, 0.2) is 5.11 Å². The summed E-state index contributed by atoms with van der Waals surface area (Å²) in [6.45, 7) is 0.398. The van der Waals surface area contributed by atoms with Gasteiger partial charge >= 0.3 is 0 Å². The Morgan fingerprint density at radius 1 is 1.30 bits per heavy atom. The molecule has 3 aromatic rings. The first-order valence-electron chi connectivity index (χ1n) is 9.29. The van der Waals surface area contributed by atoms with Crippen LogP contribution in [0.5, 0.6) is 0 Å². The summed E-state index contributed by atoms with van der Waals surface area (Å²) in [5.41, 5.74) is 1.06. The number of benzene rings is 1. The number of nitrogens with one attached hydrogen (secondary N) is 2. The summed E-state index contributed by atoms with van der Waals surface area (Å²) in [5.74, 6) is -0.726. The zero-order valence-corrected chi connectivity index (χ0v) is 18.9. The highest BCUT2D eigenvalue weighted by Crippen LogP contribution is 2.41. The summed E-state index contributed by atoms with van der Waals surface area (Å²) >= 11 is 10.7. The lowest BCUT2D eigenvalue weighted by molar-refractivity contribution is -0.116. The minimum atomic E-state index is -0.458. The molecule has 0 aliphatic carbocycles. The molecule has 1 amide bonds. The fourth-order valence-electron chi connectivity index (χ4n) is 3.44. The molecule has 1 saturated heterocycles. The van der Waals surface area contributed by atoms with Crippen LogP contribution in [-0.4, -0.2) is 27.4 Å². The van der Waals surface area contributed by atoms with Gasteiger partial charge in [0.05, 0.1) is 23.5 Å². The molecule has 1 aliphatic rings. The molecular formula is C21H18BrFN4OS2. The highest BCUT2D eigenvalue weighted by molar-refractivity contribution is 9.10. The van der Waals surface area contributed by atoms with E-state index in [0.29, 0.717) is 11.7 Å². The van der Waals surface area contributed by atoms with Crippen LogP contribution in [-0.2, 0) is 4.79 Å². The Morgan fingerprint density at radius 3 is 2.80 bits per heavy atom. The third-order valence-corrected chi connectivity index (χ3v) is 6.92. The number of pyridine rings is 1. The molecule has 2 aromatic heterocycles. The van der Waals surface area contributed by atoms with E-state index in [1.165, 1.54) is 6.07 Å². The quantitative estimate of drug-likeness (QED) is 0.460. The van der Waals surface area contributed by atoms with Crippen LogP contribution in [0.1, 0.15) is 29.1 Å². The number of thiocarbonyl (C=S) groups is 1. The number of halogens is 2. The van der Waals surface area contributed by atoms with Crippen LogP contribution in [0.2, 0.25) is 0 Å². The smallest absolute Gasteiger partial charge is 0.226 e. The molecule has 3 heterocycles. The Morgan fingerprint density at radius 2 is 2.10 bits per heavy atom. The molecule has 2 atom stereocenters. The van der Waals surface area contributed by atoms with E-state index < -0.39 is 5.82 Å². The Balaban J connectivity index is 1.52. The maximum Gasteiger partial charge on any atom is 0.226 e. The lowest BCUT2D eigenvalue weighted by Crippen LogP contribution is -2.32. The van der Waals surface area contributed by atoms with Crippen LogP contribution >= 0.6 is 39.5 Å². The van der Waals surface area contributed by atoms with Crippen LogP contribution in [0.25, 0.3) is 0 Å². The number of aromatic nitrogens is 1. The number of hydrogen-bond donors (Lipinski definition) is 2. The largest absolute Gasteiger partial charge is 0.352 e. The predicted octanol–water partition coefficient (Wildman–Crippen LogP) is 5.05. The molecule has 0 bridgehead atoms. The second kappa shape index (κ2) is 9.20. The van der Waals surface area contributed by atoms with E-state index >= 15 is 0 Å². The van der Waals surface area contributed by atoms with Crippen LogP contribution in [0.15, 0.2) is 64.6 Å². The normalized spacial score (nSPS) is 18.3. The number of thiophene rings is 1. The molecule has 9 heteroatoms. The molecule has 1 fully saturated rings. The van der Waals surface area contributed by atoms with Gasteiger partial charge in [-0.2, -0.15) is 0 Å². The molecule has 1 aliphatic heterocycles. The molecule has 0 unspecified atom stereocenters. The summed E-state index contributed by atoms with van der Waals surface area (Å²) in [6, 6.07) is 13.7. The minimum Gasteiger partial charge on any atom is -0.352 e. The summed E-state index contributed by atoms with van der Waals surface area (Å²) in [7, 11) is 0. The van der Waals surface area contributed by atoms with Crippen LogP contribution < -0.4 is 10.6 Å². The van der Waals surface area contributed by atoms with Crippen molar-refractivity contribution in [1.29, 1.82) is 0 Å². The highest BCUT2D eigenvalue weighted by atomic mass is 79.9. The zero-order chi connectivity index (χ0) is 21.1.